The van der Waals surface area contributed by atoms with E-state index >= 15 is 0 Å². The first-order valence-electron chi connectivity index (χ1n) is 6.19. The van der Waals surface area contributed by atoms with Crippen molar-refractivity contribution in [2.24, 2.45) is 0 Å². The largest absolute Gasteiger partial charge is 0.336 e. The minimum absolute atomic E-state index is 0.0976. The van der Waals surface area contributed by atoms with Gasteiger partial charge in [0.25, 0.3) is 5.91 Å². The zero-order valence-electron chi connectivity index (χ0n) is 11.4. The molecule has 0 spiro atoms. The summed E-state index contributed by atoms with van der Waals surface area (Å²) in [6.07, 6.45) is 1.91. The highest BCUT2D eigenvalue weighted by Gasteiger charge is 2.18. The van der Waals surface area contributed by atoms with E-state index in [0.717, 1.165) is 5.56 Å². The van der Waals surface area contributed by atoms with Gasteiger partial charge in [-0.3, -0.25) is 9.63 Å². The summed E-state index contributed by atoms with van der Waals surface area (Å²) in [5.74, 6) is -0.157. The molecule has 0 saturated carbocycles. The molecule has 0 unspecified atom stereocenters. The topological polar surface area (TPSA) is 34.5 Å². The van der Waals surface area contributed by atoms with Crippen molar-refractivity contribution in [2.45, 2.75) is 13.0 Å². The van der Waals surface area contributed by atoms with Gasteiger partial charge in [-0.2, -0.15) is 0 Å². The van der Waals surface area contributed by atoms with E-state index in [2.05, 4.69) is 19.1 Å². The first kappa shape index (κ1) is 13.4. The minimum atomic E-state index is -0.157. The van der Waals surface area contributed by atoms with Gasteiger partial charge in [0, 0.05) is 13.2 Å². The Labute approximate surface area is 113 Å². The van der Waals surface area contributed by atoms with Crippen LogP contribution in [-0.4, -0.2) is 29.7 Å². The van der Waals surface area contributed by atoms with Crippen molar-refractivity contribution in [2.75, 3.05) is 14.2 Å². The van der Waals surface area contributed by atoms with Crippen LogP contribution >= 0.6 is 0 Å². The molecule has 2 aromatic rings. The molecule has 0 N–H and O–H groups in total. The number of rotatable bonds is 4. The average Bonchev–Trinajstić information content (AvgIpc) is 2.95. The maximum absolute atomic E-state index is 12.2. The van der Waals surface area contributed by atoms with Gasteiger partial charge in [-0.05, 0) is 24.6 Å². The minimum Gasteiger partial charge on any atom is -0.336 e. The van der Waals surface area contributed by atoms with Gasteiger partial charge in [0.05, 0.1) is 13.2 Å². The molecule has 0 saturated heterocycles. The second-order valence-electron chi connectivity index (χ2n) is 4.37. The Morgan fingerprint density at radius 2 is 1.89 bits per heavy atom. The van der Waals surface area contributed by atoms with E-state index < -0.39 is 0 Å². The quantitative estimate of drug-likeness (QED) is 0.790. The van der Waals surface area contributed by atoms with Crippen molar-refractivity contribution in [3.63, 3.8) is 0 Å². The molecule has 19 heavy (non-hydrogen) atoms. The number of benzene rings is 1. The summed E-state index contributed by atoms with van der Waals surface area (Å²) in [4.78, 5) is 17.1. The van der Waals surface area contributed by atoms with Crippen LogP contribution in [0.3, 0.4) is 0 Å². The Hall–Kier alpha value is -2.07. The number of hydrogen-bond acceptors (Lipinski definition) is 2. The van der Waals surface area contributed by atoms with Gasteiger partial charge in [0.2, 0.25) is 0 Å². The molecular weight excluding hydrogens is 240 g/mol. The van der Waals surface area contributed by atoms with Crippen molar-refractivity contribution in [1.29, 1.82) is 0 Å². The second-order valence-corrected chi connectivity index (χ2v) is 4.37. The van der Waals surface area contributed by atoms with Crippen molar-refractivity contribution in [3.8, 4) is 0 Å². The fourth-order valence-electron chi connectivity index (χ4n) is 2.05. The third-order valence-electron chi connectivity index (χ3n) is 3.26. The van der Waals surface area contributed by atoms with Crippen LogP contribution in [0.25, 0.3) is 0 Å². The van der Waals surface area contributed by atoms with E-state index in [9.17, 15) is 4.79 Å². The summed E-state index contributed by atoms with van der Waals surface area (Å²) in [7, 11) is 3.08. The molecule has 4 heteroatoms. The van der Waals surface area contributed by atoms with Crippen LogP contribution < -0.4 is 0 Å². The summed E-state index contributed by atoms with van der Waals surface area (Å²) < 4.78 is 1.95. The van der Waals surface area contributed by atoms with Gasteiger partial charge in [0.15, 0.2) is 0 Å². The number of nitrogens with zero attached hydrogens (tertiary/aromatic N) is 2. The number of amides is 1. The molecule has 100 valence electrons. The number of hydroxylamine groups is 2. The first-order chi connectivity index (χ1) is 9.15. The lowest BCUT2D eigenvalue weighted by Crippen LogP contribution is -2.28. The summed E-state index contributed by atoms with van der Waals surface area (Å²) >= 11 is 0. The van der Waals surface area contributed by atoms with E-state index in [1.165, 1.54) is 12.2 Å². The van der Waals surface area contributed by atoms with Crippen LogP contribution in [0.15, 0.2) is 48.7 Å². The monoisotopic (exact) mass is 258 g/mol. The van der Waals surface area contributed by atoms with E-state index in [-0.39, 0.29) is 11.9 Å². The number of carbonyl (C=O) groups is 1. The van der Waals surface area contributed by atoms with Gasteiger partial charge in [-0.15, -0.1) is 0 Å². The summed E-state index contributed by atoms with van der Waals surface area (Å²) in [5, 5.41) is 1.23. The highest BCUT2D eigenvalue weighted by atomic mass is 16.7. The number of aromatic nitrogens is 1. The summed E-state index contributed by atoms with van der Waals surface area (Å²) in [6, 6.07) is 13.9. The van der Waals surface area contributed by atoms with E-state index in [0.29, 0.717) is 5.69 Å². The van der Waals surface area contributed by atoms with Gasteiger partial charge in [-0.1, -0.05) is 30.3 Å². The van der Waals surface area contributed by atoms with Crippen LogP contribution in [0.5, 0.6) is 0 Å². The highest BCUT2D eigenvalue weighted by Crippen LogP contribution is 2.20. The van der Waals surface area contributed by atoms with Crippen LogP contribution in [0.2, 0.25) is 0 Å². The second kappa shape index (κ2) is 5.71. The smallest absolute Gasteiger partial charge is 0.293 e. The third kappa shape index (κ3) is 2.69. The number of carbonyl (C=O) groups excluding carboxylic acids is 1. The predicted octanol–water partition coefficient (Wildman–Crippen LogP) is 2.73. The summed E-state index contributed by atoms with van der Waals surface area (Å²) in [6.45, 7) is 2.07. The molecule has 0 aliphatic carbocycles. The Bertz CT molecular complexity index is 548. The normalized spacial score (nSPS) is 12.2. The van der Waals surface area contributed by atoms with Crippen LogP contribution in [0.4, 0.5) is 0 Å². The van der Waals surface area contributed by atoms with Crippen LogP contribution in [-0.2, 0) is 4.84 Å². The first-order valence-corrected chi connectivity index (χ1v) is 6.19. The zero-order chi connectivity index (χ0) is 13.8. The molecule has 1 aromatic heterocycles. The lowest BCUT2D eigenvalue weighted by Gasteiger charge is -2.20. The van der Waals surface area contributed by atoms with Crippen molar-refractivity contribution >= 4 is 5.91 Å². The maximum Gasteiger partial charge on any atom is 0.293 e. The SMILES string of the molecule is CON(C)C(=O)c1cccn1[C@H](C)c1ccccc1. The van der Waals surface area contributed by atoms with Crippen LogP contribution in [0.1, 0.15) is 29.0 Å². The van der Waals surface area contributed by atoms with Crippen molar-refractivity contribution < 1.29 is 9.63 Å². The Kier molecular flexibility index (Phi) is 4.02. The molecule has 4 nitrogen and oxygen atoms in total. The molecular formula is C15H18N2O2. The molecule has 1 aromatic carbocycles. The molecule has 0 aliphatic rings. The van der Waals surface area contributed by atoms with Crippen molar-refractivity contribution in [3.05, 3.63) is 59.9 Å². The Morgan fingerprint density at radius 1 is 1.21 bits per heavy atom. The Balaban J connectivity index is 2.32. The molecule has 1 atom stereocenters. The maximum atomic E-state index is 12.2. The molecule has 0 radical (unpaired) electrons. The lowest BCUT2D eigenvalue weighted by molar-refractivity contribution is -0.0763. The van der Waals surface area contributed by atoms with E-state index in [1.807, 2.05) is 35.0 Å². The highest BCUT2D eigenvalue weighted by molar-refractivity contribution is 5.91. The van der Waals surface area contributed by atoms with Crippen molar-refractivity contribution in [1.82, 2.24) is 9.63 Å². The van der Waals surface area contributed by atoms with Gasteiger partial charge in [-0.25, -0.2) is 5.06 Å². The Morgan fingerprint density at radius 3 is 2.53 bits per heavy atom. The van der Waals surface area contributed by atoms with Gasteiger partial charge < -0.3 is 4.57 Å². The fourth-order valence-corrected chi connectivity index (χ4v) is 2.05. The fraction of sp³-hybridized carbons (Fsp3) is 0.267. The van der Waals surface area contributed by atoms with Gasteiger partial charge >= 0.3 is 0 Å². The molecule has 0 aliphatic heterocycles. The zero-order valence-corrected chi connectivity index (χ0v) is 11.4. The lowest BCUT2D eigenvalue weighted by atomic mass is 10.1. The molecule has 0 bridgehead atoms. The third-order valence-corrected chi connectivity index (χ3v) is 3.26. The summed E-state index contributed by atoms with van der Waals surface area (Å²) in [5.41, 5.74) is 1.77. The predicted molar refractivity (Wildman–Crippen MR) is 73.8 cm³/mol. The standard InChI is InChI=1S/C15H18N2O2/c1-12(13-8-5-4-6-9-13)17-11-7-10-14(17)15(18)16(2)19-3/h4-12H,1-3H3/t12-/m1/s1. The molecule has 1 amide bonds. The number of hydrogen-bond donors (Lipinski definition) is 0. The van der Waals surface area contributed by atoms with Crippen LogP contribution in [0, 0.1) is 0 Å². The van der Waals surface area contributed by atoms with E-state index in [4.69, 9.17) is 4.84 Å². The van der Waals surface area contributed by atoms with Gasteiger partial charge in [0.1, 0.15) is 5.69 Å². The molecule has 0 fully saturated rings. The molecule has 2 rings (SSSR count). The average molecular weight is 258 g/mol. The molecule has 1 heterocycles. The van der Waals surface area contributed by atoms with E-state index in [1.54, 1.807) is 13.1 Å².